The Labute approximate surface area is 127 Å². The standard InChI is InChI=1S/C17H26N2O2/c1-3-12-21-16-7-4-15(5-8-16)6-9-17(20)19-11-10-18-13-14(19)2/h4-5,7-8,14,18H,3,6,9-13H2,1-2H3/t14-/m0/s1. The van der Waals surface area contributed by atoms with Gasteiger partial charge in [-0.3, -0.25) is 4.79 Å². The summed E-state index contributed by atoms with van der Waals surface area (Å²) in [4.78, 5) is 14.3. The van der Waals surface area contributed by atoms with Crippen molar-refractivity contribution in [3.05, 3.63) is 29.8 Å². The molecular weight excluding hydrogens is 264 g/mol. The number of piperazine rings is 1. The topological polar surface area (TPSA) is 41.6 Å². The molecule has 0 radical (unpaired) electrons. The molecule has 1 aliphatic rings. The summed E-state index contributed by atoms with van der Waals surface area (Å²) < 4.78 is 5.56. The number of aryl methyl sites for hydroxylation is 1. The Kier molecular flexibility index (Phi) is 6.05. The second-order valence-electron chi connectivity index (χ2n) is 5.63. The lowest BCUT2D eigenvalue weighted by molar-refractivity contribution is -0.133. The van der Waals surface area contributed by atoms with Crippen molar-refractivity contribution in [2.45, 2.75) is 39.2 Å². The molecule has 0 unspecified atom stereocenters. The number of ether oxygens (including phenoxy) is 1. The van der Waals surface area contributed by atoms with E-state index in [2.05, 4.69) is 31.3 Å². The van der Waals surface area contributed by atoms with Crippen LogP contribution in [0.2, 0.25) is 0 Å². The highest BCUT2D eigenvalue weighted by Gasteiger charge is 2.22. The maximum absolute atomic E-state index is 12.3. The maximum Gasteiger partial charge on any atom is 0.223 e. The molecule has 0 bridgehead atoms. The minimum atomic E-state index is 0.260. The first-order valence-corrected chi connectivity index (χ1v) is 7.92. The molecule has 1 aliphatic heterocycles. The second-order valence-corrected chi connectivity index (χ2v) is 5.63. The van der Waals surface area contributed by atoms with Crippen molar-refractivity contribution in [1.29, 1.82) is 0 Å². The third kappa shape index (κ3) is 4.74. The van der Waals surface area contributed by atoms with E-state index in [-0.39, 0.29) is 5.91 Å². The number of hydrogen-bond donors (Lipinski definition) is 1. The zero-order chi connectivity index (χ0) is 15.1. The molecule has 2 rings (SSSR count). The van der Waals surface area contributed by atoms with E-state index in [0.29, 0.717) is 12.5 Å². The van der Waals surface area contributed by atoms with Crippen LogP contribution in [0.5, 0.6) is 5.75 Å². The molecule has 0 aliphatic carbocycles. The molecule has 1 fully saturated rings. The first kappa shape index (κ1) is 15.8. The molecule has 4 nitrogen and oxygen atoms in total. The van der Waals surface area contributed by atoms with Crippen LogP contribution < -0.4 is 10.1 Å². The van der Waals surface area contributed by atoms with Gasteiger partial charge in [-0.2, -0.15) is 0 Å². The number of amides is 1. The van der Waals surface area contributed by atoms with Crippen LogP contribution in [0.1, 0.15) is 32.3 Å². The van der Waals surface area contributed by atoms with Crippen molar-refractivity contribution in [2.75, 3.05) is 26.2 Å². The van der Waals surface area contributed by atoms with Crippen LogP contribution in [-0.4, -0.2) is 43.1 Å². The summed E-state index contributed by atoms with van der Waals surface area (Å²) in [5, 5.41) is 3.31. The first-order valence-electron chi connectivity index (χ1n) is 7.92. The number of rotatable bonds is 6. The molecule has 0 spiro atoms. The van der Waals surface area contributed by atoms with Crippen LogP contribution in [0.25, 0.3) is 0 Å². The van der Waals surface area contributed by atoms with E-state index in [4.69, 9.17) is 4.74 Å². The fraction of sp³-hybridized carbons (Fsp3) is 0.588. The largest absolute Gasteiger partial charge is 0.494 e. The zero-order valence-corrected chi connectivity index (χ0v) is 13.1. The Morgan fingerprint density at radius 1 is 1.38 bits per heavy atom. The highest BCUT2D eigenvalue weighted by atomic mass is 16.5. The molecule has 1 aromatic carbocycles. The van der Waals surface area contributed by atoms with Crippen LogP contribution in [0, 0.1) is 0 Å². The van der Waals surface area contributed by atoms with Crippen molar-refractivity contribution in [2.24, 2.45) is 0 Å². The van der Waals surface area contributed by atoms with Gasteiger partial charge in [0.25, 0.3) is 0 Å². The van der Waals surface area contributed by atoms with Gasteiger partial charge < -0.3 is 15.0 Å². The van der Waals surface area contributed by atoms with Crippen LogP contribution in [-0.2, 0) is 11.2 Å². The number of carbonyl (C=O) groups is 1. The summed E-state index contributed by atoms with van der Waals surface area (Å²) in [5.74, 6) is 1.16. The fourth-order valence-electron chi connectivity index (χ4n) is 2.58. The molecule has 0 aromatic heterocycles. The molecule has 0 saturated carbocycles. The third-order valence-corrected chi connectivity index (χ3v) is 3.85. The van der Waals surface area contributed by atoms with Crippen molar-refractivity contribution in [1.82, 2.24) is 10.2 Å². The average molecular weight is 290 g/mol. The van der Waals surface area contributed by atoms with Crippen molar-refractivity contribution < 1.29 is 9.53 Å². The molecule has 1 atom stereocenters. The number of nitrogens with one attached hydrogen (secondary N) is 1. The minimum Gasteiger partial charge on any atom is -0.494 e. The number of carbonyl (C=O) groups excluding carboxylic acids is 1. The van der Waals surface area contributed by atoms with Crippen LogP contribution in [0.4, 0.5) is 0 Å². The Morgan fingerprint density at radius 3 is 2.81 bits per heavy atom. The first-order chi connectivity index (χ1) is 10.2. The van der Waals surface area contributed by atoms with Gasteiger partial charge in [-0.1, -0.05) is 19.1 Å². The molecule has 1 amide bonds. The highest BCUT2D eigenvalue weighted by Crippen LogP contribution is 2.14. The number of benzene rings is 1. The Bertz CT molecular complexity index is 445. The lowest BCUT2D eigenvalue weighted by atomic mass is 10.1. The van der Waals surface area contributed by atoms with E-state index in [1.807, 2.05) is 17.0 Å². The van der Waals surface area contributed by atoms with Crippen LogP contribution in [0.15, 0.2) is 24.3 Å². The summed E-state index contributed by atoms with van der Waals surface area (Å²) in [7, 11) is 0. The van der Waals surface area contributed by atoms with Gasteiger partial charge in [0.2, 0.25) is 5.91 Å². The zero-order valence-electron chi connectivity index (χ0n) is 13.1. The summed E-state index contributed by atoms with van der Waals surface area (Å²) in [5.41, 5.74) is 1.19. The second kappa shape index (κ2) is 8.03. The van der Waals surface area contributed by atoms with E-state index in [1.54, 1.807) is 0 Å². The van der Waals surface area contributed by atoms with Gasteiger partial charge in [-0.05, 0) is 37.5 Å². The predicted octanol–water partition coefficient (Wildman–Crippen LogP) is 2.23. The molecule has 1 heterocycles. The molecule has 21 heavy (non-hydrogen) atoms. The summed E-state index contributed by atoms with van der Waals surface area (Å²) in [6.07, 6.45) is 2.39. The van der Waals surface area contributed by atoms with E-state index >= 15 is 0 Å². The molecule has 1 saturated heterocycles. The van der Waals surface area contributed by atoms with E-state index in [1.165, 1.54) is 5.56 Å². The van der Waals surface area contributed by atoms with Crippen molar-refractivity contribution in [3.8, 4) is 5.75 Å². The van der Waals surface area contributed by atoms with E-state index < -0.39 is 0 Å². The Hall–Kier alpha value is -1.55. The smallest absolute Gasteiger partial charge is 0.223 e. The minimum absolute atomic E-state index is 0.260. The van der Waals surface area contributed by atoms with E-state index in [0.717, 1.165) is 44.8 Å². The quantitative estimate of drug-likeness (QED) is 0.873. The van der Waals surface area contributed by atoms with Gasteiger partial charge in [0, 0.05) is 32.1 Å². The third-order valence-electron chi connectivity index (χ3n) is 3.85. The average Bonchev–Trinajstić information content (AvgIpc) is 2.52. The molecular formula is C17H26N2O2. The van der Waals surface area contributed by atoms with Gasteiger partial charge in [-0.15, -0.1) is 0 Å². The van der Waals surface area contributed by atoms with Crippen molar-refractivity contribution in [3.63, 3.8) is 0 Å². The maximum atomic E-state index is 12.3. The number of nitrogens with zero attached hydrogens (tertiary/aromatic N) is 1. The fourth-order valence-corrected chi connectivity index (χ4v) is 2.58. The van der Waals surface area contributed by atoms with Gasteiger partial charge in [-0.25, -0.2) is 0 Å². The Morgan fingerprint density at radius 2 is 2.14 bits per heavy atom. The monoisotopic (exact) mass is 290 g/mol. The van der Waals surface area contributed by atoms with E-state index in [9.17, 15) is 4.79 Å². The molecule has 1 aromatic rings. The number of hydrogen-bond acceptors (Lipinski definition) is 3. The van der Waals surface area contributed by atoms with Gasteiger partial charge in [0.1, 0.15) is 5.75 Å². The van der Waals surface area contributed by atoms with Gasteiger partial charge >= 0.3 is 0 Å². The lowest BCUT2D eigenvalue weighted by Crippen LogP contribution is -2.52. The van der Waals surface area contributed by atoms with Gasteiger partial charge in [0.05, 0.1) is 6.61 Å². The summed E-state index contributed by atoms with van der Waals surface area (Å²) in [6, 6.07) is 8.39. The van der Waals surface area contributed by atoms with Crippen LogP contribution >= 0.6 is 0 Å². The predicted molar refractivity (Wildman–Crippen MR) is 84.6 cm³/mol. The molecule has 4 heteroatoms. The summed E-state index contributed by atoms with van der Waals surface area (Å²) >= 11 is 0. The highest BCUT2D eigenvalue weighted by molar-refractivity contribution is 5.77. The lowest BCUT2D eigenvalue weighted by Gasteiger charge is -2.34. The van der Waals surface area contributed by atoms with Gasteiger partial charge in [0.15, 0.2) is 0 Å². The molecule has 116 valence electrons. The Balaban J connectivity index is 1.80. The summed E-state index contributed by atoms with van der Waals surface area (Å²) in [6.45, 7) is 7.57. The SMILES string of the molecule is CCCOc1ccc(CCC(=O)N2CCNC[C@@H]2C)cc1. The van der Waals surface area contributed by atoms with Crippen molar-refractivity contribution >= 4 is 5.91 Å². The normalized spacial score (nSPS) is 18.6. The molecule has 1 N–H and O–H groups in total. The van der Waals surface area contributed by atoms with Crippen LogP contribution in [0.3, 0.4) is 0 Å².